The first-order valence-electron chi connectivity index (χ1n) is 9.51. The molecule has 8 nitrogen and oxygen atoms in total. The van der Waals surface area contributed by atoms with Gasteiger partial charge >= 0.3 is 0 Å². The van der Waals surface area contributed by atoms with E-state index in [1.54, 1.807) is 37.3 Å². The highest BCUT2D eigenvalue weighted by Crippen LogP contribution is 2.23. The van der Waals surface area contributed by atoms with Gasteiger partial charge in [-0.1, -0.05) is 36.4 Å². The van der Waals surface area contributed by atoms with E-state index in [9.17, 15) is 27.7 Å². The normalized spacial score (nSPS) is 11.3. The smallest absolute Gasteiger partial charge is 0.271 e. The van der Waals surface area contributed by atoms with Crippen LogP contribution in [0.1, 0.15) is 11.1 Å². The molecular formula is C22H20FN3O5S. The average Bonchev–Trinajstić information content (AvgIpc) is 2.75. The van der Waals surface area contributed by atoms with E-state index in [0.29, 0.717) is 11.1 Å². The minimum absolute atomic E-state index is 0.0953. The highest BCUT2D eigenvalue weighted by Gasteiger charge is 2.27. The number of hydrogen-bond acceptors (Lipinski definition) is 5. The predicted octanol–water partition coefficient (Wildman–Crippen LogP) is 3.87. The molecule has 0 aliphatic rings. The van der Waals surface area contributed by atoms with Crippen molar-refractivity contribution in [2.75, 3.05) is 11.9 Å². The summed E-state index contributed by atoms with van der Waals surface area (Å²) in [6, 6.07) is 17.0. The lowest BCUT2D eigenvalue weighted by molar-refractivity contribution is -0.384. The SMILES string of the molecule is Cc1ccc([N+](=O)[O-])cc1NC(=O)CN(Cc1ccccc1)S(=O)(=O)c1ccc(F)cc1. The van der Waals surface area contributed by atoms with Crippen LogP contribution in [0, 0.1) is 22.9 Å². The van der Waals surface area contributed by atoms with Crippen molar-refractivity contribution in [2.24, 2.45) is 0 Å². The van der Waals surface area contributed by atoms with Crippen LogP contribution in [-0.2, 0) is 21.4 Å². The number of nitro groups is 1. The zero-order valence-electron chi connectivity index (χ0n) is 17.1. The van der Waals surface area contributed by atoms with E-state index in [0.717, 1.165) is 28.6 Å². The molecule has 10 heteroatoms. The molecule has 32 heavy (non-hydrogen) atoms. The Morgan fingerprint density at radius 3 is 2.34 bits per heavy atom. The molecule has 3 aromatic carbocycles. The van der Waals surface area contributed by atoms with E-state index >= 15 is 0 Å². The van der Waals surface area contributed by atoms with Crippen LogP contribution in [0.15, 0.2) is 77.7 Å². The molecule has 0 fully saturated rings. The number of nitro benzene ring substituents is 1. The van der Waals surface area contributed by atoms with Crippen LogP contribution < -0.4 is 5.32 Å². The van der Waals surface area contributed by atoms with Gasteiger partial charge in [-0.3, -0.25) is 14.9 Å². The van der Waals surface area contributed by atoms with Gasteiger partial charge in [0, 0.05) is 18.7 Å². The second kappa shape index (κ2) is 9.67. The number of benzene rings is 3. The number of non-ortho nitro benzene ring substituents is 1. The van der Waals surface area contributed by atoms with Crippen molar-refractivity contribution in [2.45, 2.75) is 18.4 Å². The number of rotatable bonds is 8. The summed E-state index contributed by atoms with van der Waals surface area (Å²) in [5, 5.41) is 13.6. The zero-order valence-corrected chi connectivity index (χ0v) is 17.9. The number of hydrogen-bond donors (Lipinski definition) is 1. The number of carbonyl (C=O) groups is 1. The molecule has 0 radical (unpaired) electrons. The Morgan fingerprint density at radius 1 is 1.06 bits per heavy atom. The topological polar surface area (TPSA) is 110 Å². The molecule has 0 heterocycles. The third-order valence-corrected chi connectivity index (χ3v) is 6.49. The number of nitrogens with one attached hydrogen (secondary N) is 1. The maximum absolute atomic E-state index is 13.3. The van der Waals surface area contributed by atoms with Crippen LogP contribution in [0.25, 0.3) is 0 Å². The van der Waals surface area contributed by atoms with E-state index in [1.165, 1.54) is 18.2 Å². The molecule has 0 unspecified atom stereocenters. The number of nitrogens with zero attached hydrogens (tertiary/aromatic N) is 2. The second-order valence-electron chi connectivity index (χ2n) is 7.02. The molecule has 0 saturated heterocycles. The Kier molecular flexibility index (Phi) is 6.96. The molecular weight excluding hydrogens is 437 g/mol. The van der Waals surface area contributed by atoms with Crippen LogP contribution >= 0.6 is 0 Å². The Hall–Kier alpha value is -3.63. The minimum atomic E-state index is -4.14. The number of amides is 1. The van der Waals surface area contributed by atoms with Crippen molar-refractivity contribution in [1.82, 2.24) is 4.31 Å². The van der Waals surface area contributed by atoms with Crippen LogP contribution in [-0.4, -0.2) is 30.1 Å². The molecule has 1 N–H and O–H groups in total. The fourth-order valence-corrected chi connectivity index (χ4v) is 4.36. The minimum Gasteiger partial charge on any atom is -0.324 e. The maximum Gasteiger partial charge on any atom is 0.271 e. The largest absolute Gasteiger partial charge is 0.324 e. The van der Waals surface area contributed by atoms with Gasteiger partial charge in [0.2, 0.25) is 15.9 Å². The van der Waals surface area contributed by atoms with Gasteiger partial charge in [0.15, 0.2) is 0 Å². The van der Waals surface area contributed by atoms with Crippen LogP contribution in [0.5, 0.6) is 0 Å². The summed E-state index contributed by atoms with van der Waals surface area (Å²) in [6.07, 6.45) is 0. The molecule has 0 bridgehead atoms. The number of anilines is 1. The Labute approximate surface area is 184 Å². The van der Waals surface area contributed by atoms with E-state index in [1.807, 2.05) is 0 Å². The standard InChI is InChI=1S/C22H20FN3O5S/c1-16-7-10-19(26(28)29)13-21(16)24-22(27)15-25(14-17-5-3-2-4-6-17)32(30,31)20-11-8-18(23)9-12-20/h2-13H,14-15H2,1H3,(H,24,27). The molecule has 166 valence electrons. The summed E-state index contributed by atoms with van der Waals surface area (Å²) in [4.78, 5) is 23.0. The molecule has 0 saturated carbocycles. The lowest BCUT2D eigenvalue weighted by Crippen LogP contribution is -2.37. The van der Waals surface area contributed by atoms with Gasteiger partial charge in [0.05, 0.1) is 22.1 Å². The highest BCUT2D eigenvalue weighted by molar-refractivity contribution is 7.89. The zero-order chi connectivity index (χ0) is 23.3. The molecule has 0 aliphatic carbocycles. The molecule has 3 rings (SSSR count). The Morgan fingerprint density at radius 2 is 1.72 bits per heavy atom. The fraction of sp³-hybridized carbons (Fsp3) is 0.136. The first-order chi connectivity index (χ1) is 15.2. The lowest BCUT2D eigenvalue weighted by atomic mass is 10.2. The van der Waals surface area contributed by atoms with Gasteiger partial charge in [-0.05, 0) is 42.3 Å². The number of carbonyl (C=O) groups excluding carboxylic acids is 1. The summed E-state index contributed by atoms with van der Waals surface area (Å²) in [6.45, 7) is 1.02. The summed E-state index contributed by atoms with van der Waals surface area (Å²) < 4.78 is 40.6. The first kappa shape index (κ1) is 23.0. The van der Waals surface area contributed by atoms with E-state index < -0.39 is 33.2 Å². The van der Waals surface area contributed by atoms with E-state index in [4.69, 9.17) is 0 Å². The van der Waals surface area contributed by atoms with Gasteiger partial charge in [-0.15, -0.1) is 0 Å². The van der Waals surface area contributed by atoms with Crippen molar-refractivity contribution < 1.29 is 22.5 Å². The molecule has 0 atom stereocenters. The van der Waals surface area contributed by atoms with Crippen molar-refractivity contribution in [3.63, 3.8) is 0 Å². The van der Waals surface area contributed by atoms with Gasteiger partial charge in [-0.25, -0.2) is 12.8 Å². The molecule has 3 aromatic rings. The van der Waals surface area contributed by atoms with Gasteiger partial charge in [-0.2, -0.15) is 4.31 Å². The Balaban J connectivity index is 1.88. The predicted molar refractivity (Wildman–Crippen MR) is 117 cm³/mol. The second-order valence-corrected chi connectivity index (χ2v) is 8.96. The van der Waals surface area contributed by atoms with Crippen LogP contribution in [0.2, 0.25) is 0 Å². The average molecular weight is 457 g/mol. The lowest BCUT2D eigenvalue weighted by Gasteiger charge is -2.22. The number of sulfonamides is 1. The third kappa shape index (κ3) is 5.54. The van der Waals surface area contributed by atoms with Crippen molar-refractivity contribution in [3.8, 4) is 0 Å². The van der Waals surface area contributed by atoms with Gasteiger partial charge in [0.1, 0.15) is 5.82 Å². The monoisotopic (exact) mass is 457 g/mol. The molecule has 0 aromatic heterocycles. The number of halogens is 1. The van der Waals surface area contributed by atoms with Crippen molar-refractivity contribution in [3.05, 3.63) is 99.9 Å². The molecule has 0 aliphatic heterocycles. The van der Waals surface area contributed by atoms with Crippen LogP contribution in [0.4, 0.5) is 15.8 Å². The summed E-state index contributed by atoms with van der Waals surface area (Å²) in [7, 11) is -4.14. The van der Waals surface area contributed by atoms with Gasteiger partial charge < -0.3 is 5.32 Å². The van der Waals surface area contributed by atoms with E-state index in [-0.39, 0.29) is 22.8 Å². The van der Waals surface area contributed by atoms with Crippen molar-refractivity contribution in [1.29, 1.82) is 0 Å². The first-order valence-corrected chi connectivity index (χ1v) is 11.0. The van der Waals surface area contributed by atoms with Crippen LogP contribution in [0.3, 0.4) is 0 Å². The summed E-state index contributed by atoms with van der Waals surface area (Å²) in [5.74, 6) is -1.26. The summed E-state index contributed by atoms with van der Waals surface area (Å²) >= 11 is 0. The Bertz CT molecular complexity index is 1230. The number of aryl methyl sites for hydroxylation is 1. The highest BCUT2D eigenvalue weighted by atomic mass is 32.2. The summed E-state index contributed by atoms with van der Waals surface area (Å²) in [5.41, 5.74) is 1.24. The molecule has 1 amide bonds. The maximum atomic E-state index is 13.3. The molecule has 0 spiro atoms. The van der Waals surface area contributed by atoms with Crippen molar-refractivity contribution >= 4 is 27.3 Å². The van der Waals surface area contributed by atoms with Gasteiger partial charge in [0.25, 0.3) is 5.69 Å². The van der Waals surface area contributed by atoms with E-state index in [2.05, 4.69) is 5.32 Å². The fourth-order valence-electron chi connectivity index (χ4n) is 2.98. The third-order valence-electron chi connectivity index (χ3n) is 4.68. The quantitative estimate of drug-likeness (QED) is 0.408.